The molecular formula is C18H21BrN2O2. The molecule has 0 saturated carbocycles. The number of hydrogen-bond donors (Lipinski definition) is 2. The summed E-state index contributed by atoms with van der Waals surface area (Å²) in [6, 6.07) is 15.2. The van der Waals surface area contributed by atoms with Crippen LogP contribution in [0.5, 0.6) is 5.75 Å². The van der Waals surface area contributed by atoms with Gasteiger partial charge in [-0.2, -0.15) is 0 Å². The molecule has 0 saturated heterocycles. The zero-order chi connectivity index (χ0) is 16.7. The van der Waals surface area contributed by atoms with Crippen molar-refractivity contribution in [1.82, 2.24) is 5.32 Å². The van der Waals surface area contributed by atoms with Gasteiger partial charge in [-0.1, -0.05) is 48.0 Å². The largest absolute Gasteiger partial charge is 0.492 e. The number of halogens is 1. The molecule has 0 fully saturated rings. The lowest BCUT2D eigenvalue weighted by atomic mass is 10.0. The van der Waals surface area contributed by atoms with Gasteiger partial charge in [0, 0.05) is 10.2 Å². The van der Waals surface area contributed by atoms with Gasteiger partial charge < -0.3 is 15.4 Å². The van der Waals surface area contributed by atoms with Gasteiger partial charge in [-0.3, -0.25) is 0 Å². The van der Waals surface area contributed by atoms with Crippen molar-refractivity contribution in [3.05, 3.63) is 58.6 Å². The molecule has 2 aromatic carbocycles. The monoisotopic (exact) mass is 376 g/mol. The van der Waals surface area contributed by atoms with E-state index < -0.39 is 0 Å². The molecule has 2 N–H and O–H groups in total. The van der Waals surface area contributed by atoms with Crippen LogP contribution < -0.4 is 15.4 Å². The predicted molar refractivity (Wildman–Crippen MR) is 97.2 cm³/mol. The highest BCUT2D eigenvalue weighted by molar-refractivity contribution is 9.10. The van der Waals surface area contributed by atoms with Gasteiger partial charge in [0.25, 0.3) is 0 Å². The van der Waals surface area contributed by atoms with Crippen molar-refractivity contribution in [3.8, 4) is 5.75 Å². The van der Waals surface area contributed by atoms with Crippen LogP contribution in [0.1, 0.15) is 25.3 Å². The number of nitrogens with one attached hydrogen (secondary N) is 2. The van der Waals surface area contributed by atoms with Gasteiger partial charge in [0.2, 0.25) is 0 Å². The second-order valence-corrected chi connectivity index (χ2v) is 6.38. The number of ether oxygens (including phenoxy) is 1. The Bertz CT molecular complexity index is 659. The number of anilines is 1. The molecule has 0 radical (unpaired) electrons. The lowest BCUT2D eigenvalue weighted by molar-refractivity contribution is 0.247. The summed E-state index contributed by atoms with van der Waals surface area (Å²) in [6.45, 7) is 5.15. The topological polar surface area (TPSA) is 50.4 Å². The van der Waals surface area contributed by atoms with Crippen molar-refractivity contribution < 1.29 is 9.53 Å². The first-order valence-corrected chi connectivity index (χ1v) is 8.37. The SMILES string of the molecule is CC(C)c1cccc(OCCNC(=O)Nc2cccc(Br)c2)c1. The number of carbonyl (C=O) groups excluding carboxylic acids is 1. The number of urea groups is 1. The van der Waals surface area contributed by atoms with Crippen LogP contribution in [-0.4, -0.2) is 19.2 Å². The van der Waals surface area contributed by atoms with Crippen molar-refractivity contribution in [2.45, 2.75) is 19.8 Å². The first-order valence-electron chi connectivity index (χ1n) is 7.58. The lowest BCUT2D eigenvalue weighted by Crippen LogP contribution is -2.32. The molecule has 2 amide bonds. The van der Waals surface area contributed by atoms with E-state index in [4.69, 9.17) is 4.74 Å². The molecule has 0 unspecified atom stereocenters. The first-order chi connectivity index (χ1) is 11.0. The van der Waals surface area contributed by atoms with E-state index in [1.807, 2.05) is 42.5 Å². The molecule has 2 aromatic rings. The van der Waals surface area contributed by atoms with Crippen LogP contribution in [0.15, 0.2) is 53.0 Å². The number of hydrogen-bond acceptors (Lipinski definition) is 2. The Kier molecular flexibility index (Phi) is 6.47. The summed E-state index contributed by atoms with van der Waals surface area (Å²) in [7, 11) is 0. The molecule has 0 aliphatic heterocycles. The first kappa shape index (κ1) is 17.3. The molecule has 0 aliphatic carbocycles. The van der Waals surface area contributed by atoms with E-state index in [0.717, 1.165) is 15.9 Å². The molecule has 0 spiro atoms. The van der Waals surface area contributed by atoms with E-state index in [-0.39, 0.29) is 6.03 Å². The Balaban J connectivity index is 1.73. The smallest absolute Gasteiger partial charge is 0.319 e. The van der Waals surface area contributed by atoms with Crippen molar-refractivity contribution >= 4 is 27.6 Å². The fraction of sp³-hybridized carbons (Fsp3) is 0.278. The minimum absolute atomic E-state index is 0.248. The van der Waals surface area contributed by atoms with E-state index in [9.17, 15) is 4.79 Å². The number of rotatable bonds is 6. The van der Waals surface area contributed by atoms with Gasteiger partial charge in [0.15, 0.2) is 0 Å². The summed E-state index contributed by atoms with van der Waals surface area (Å²) in [5, 5.41) is 5.54. The van der Waals surface area contributed by atoms with Crippen LogP contribution in [-0.2, 0) is 0 Å². The fourth-order valence-corrected chi connectivity index (χ4v) is 2.44. The van der Waals surface area contributed by atoms with Crippen LogP contribution in [0.3, 0.4) is 0 Å². The third-order valence-corrected chi connectivity index (χ3v) is 3.76. The van der Waals surface area contributed by atoms with Gasteiger partial charge in [-0.05, 0) is 41.8 Å². The van der Waals surface area contributed by atoms with Gasteiger partial charge in [-0.25, -0.2) is 4.79 Å². The standard InChI is InChI=1S/C18H21BrN2O2/c1-13(2)14-5-3-8-17(11-14)23-10-9-20-18(22)21-16-7-4-6-15(19)12-16/h3-8,11-13H,9-10H2,1-2H3,(H2,20,21,22). The van der Waals surface area contributed by atoms with E-state index in [2.05, 4.69) is 46.5 Å². The highest BCUT2D eigenvalue weighted by Crippen LogP contribution is 2.20. The van der Waals surface area contributed by atoms with Gasteiger partial charge >= 0.3 is 6.03 Å². The maximum absolute atomic E-state index is 11.8. The summed E-state index contributed by atoms with van der Waals surface area (Å²) in [4.78, 5) is 11.8. The van der Waals surface area contributed by atoms with Gasteiger partial charge in [0.1, 0.15) is 12.4 Å². The normalized spacial score (nSPS) is 10.4. The maximum atomic E-state index is 11.8. The molecule has 2 rings (SSSR count). The molecule has 5 heteroatoms. The summed E-state index contributed by atoms with van der Waals surface area (Å²) in [6.07, 6.45) is 0. The summed E-state index contributed by atoms with van der Waals surface area (Å²) in [5.74, 6) is 1.29. The predicted octanol–water partition coefficient (Wildman–Crippen LogP) is 4.77. The Morgan fingerprint density at radius 3 is 2.70 bits per heavy atom. The lowest BCUT2D eigenvalue weighted by Gasteiger charge is -2.11. The van der Waals surface area contributed by atoms with E-state index in [0.29, 0.717) is 19.1 Å². The van der Waals surface area contributed by atoms with Gasteiger partial charge in [0.05, 0.1) is 6.54 Å². The van der Waals surface area contributed by atoms with Crippen molar-refractivity contribution in [2.24, 2.45) is 0 Å². The molecular weight excluding hydrogens is 356 g/mol. The van der Waals surface area contributed by atoms with E-state index in [1.165, 1.54) is 5.56 Å². The second kappa shape index (κ2) is 8.58. The Morgan fingerprint density at radius 1 is 1.17 bits per heavy atom. The van der Waals surface area contributed by atoms with E-state index in [1.54, 1.807) is 0 Å². The third-order valence-electron chi connectivity index (χ3n) is 3.26. The van der Waals surface area contributed by atoms with Crippen LogP contribution >= 0.6 is 15.9 Å². The molecule has 0 atom stereocenters. The minimum Gasteiger partial charge on any atom is -0.492 e. The highest BCUT2D eigenvalue weighted by atomic mass is 79.9. The van der Waals surface area contributed by atoms with Crippen LogP contribution in [0, 0.1) is 0 Å². The number of amides is 2. The molecule has 0 heterocycles. The number of benzene rings is 2. The Labute approximate surface area is 145 Å². The quantitative estimate of drug-likeness (QED) is 0.713. The maximum Gasteiger partial charge on any atom is 0.319 e. The summed E-state index contributed by atoms with van der Waals surface area (Å²) >= 11 is 3.37. The summed E-state index contributed by atoms with van der Waals surface area (Å²) in [5.41, 5.74) is 1.98. The zero-order valence-electron chi connectivity index (χ0n) is 13.3. The van der Waals surface area contributed by atoms with Crippen molar-refractivity contribution in [3.63, 3.8) is 0 Å². The Morgan fingerprint density at radius 2 is 1.96 bits per heavy atom. The molecule has 122 valence electrons. The second-order valence-electron chi connectivity index (χ2n) is 5.47. The van der Waals surface area contributed by atoms with Crippen LogP contribution in [0.2, 0.25) is 0 Å². The zero-order valence-corrected chi connectivity index (χ0v) is 14.9. The molecule has 0 aromatic heterocycles. The van der Waals surface area contributed by atoms with Gasteiger partial charge in [-0.15, -0.1) is 0 Å². The number of carbonyl (C=O) groups is 1. The highest BCUT2D eigenvalue weighted by Gasteiger charge is 2.03. The average molecular weight is 377 g/mol. The molecule has 4 nitrogen and oxygen atoms in total. The average Bonchev–Trinajstić information content (AvgIpc) is 2.52. The van der Waals surface area contributed by atoms with Crippen molar-refractivity contribution in [2.75, 3.05) is 18.5 Å². The third kappa shape index (κ3) is 5.94. The van der Waals surface area contributed by atoms with Crippen LogP contribution in [0.25, 0.3) is 0 Å². The fourth-order valence-electron chi connectivity index (χ4n) is 2.04. The molecule has 23 heavy (non-hydrogen) atoms. The minimum atomic E-state index is -0.248. The van der Waals surface area contributed by atoms with Crippen LogP contribution in [0.4, 0.5) is 10.5 Å². The molecule has 0 aliphatic rings. The van der Waals surface area contributed by atoms with E-state index >= 15 is 0 Å². The molecule has 0 bridgehead atoms. The summed E-state index contributed by atoms with van der Waals surface area (Å²) < 4.78 is 6.59. The van der Waals surface area contributed by atoms with Crippen molar-refractivity contribution in [1.29, 1.82) is 0 Å². The Hall–Kier alpha value is -2.01.